The Morgan fingerprint density at radius 1 is 0.242 bits per heavy atom. The quantitative estimate of drug-likeness (QED) is 0.144. The minimum Gasteiger partial charge on any atom is -0.310 e. The molecule has 0 radical (unpaired) electrons. The maximum absolute atomic E-state index is 2.44. The zero-order valence-corrected chi connectivity index (χ0v) is 36.8. The number of nitrogens with zero attached hydrogens (tertiary/aromatic N) is 1. The molecule has 0 atom stereocenters. The zero-order chi connectivity index (χ0) is 43.6. The lowest BCUT2D eigenvalue weighted by Gasteiger charge is -2.29. The molecular weight excluding hydrogens is 815 g/mol. The van der Waals surface area contributed by atoms with E-state index in [9.17, 15) is 0 Å². The van der Waals surface area contributed by atoms with E-state index < -0.39 is 0 Å². The van der Waals surface area contributed by atoms with E-state index in [1.807, 2.05) is 11.3 Å². The van der Waals surface area contributed by atoms with E-state index in [0.29, 0.717) is 0 Å². The molecule has 2 heteroatoms. The Hall–Kier alpha value is -8.30. The summed E-state index contributed by atoms with van der Waals surface area (Å²) in [5.74, 6) is 0. The molecule has 13 aromatic rings. The molecule has 1 nitrogen and oxygen atoms in total. The van der Waals surface area contributed by atoms with Crippen molar-refractivity contribution < 1.29 is 0 Å². The van der Waals surface area contributed by atoms with Crippen LogP contribution in [0.25, 0.3) is 108 Å². The Morgan fingerprint density at radius 2 is 0.667 bits per heavy atom. The topological polar surface area (TPSA) is 3.24 Å². The van der Waals surface area contributed by atoms with Crippen molar-refractivity contribution in [2.24, 2.45) is 0 Å². The van der Waals surface area contributed by atoms with Gasteiger partial charge in [0.1, 0.15) is 0 Å². The molecule has 0 aliphatic carbocycles. The van der Waals surface area contributed by atoms with Crippen molar-refractivity contribution in [1.82, 2.24) is 0 Å². The standard InChI is InChI=1S/C64H41NS/c1-2-14-42(15-3-1)61-38-45(46-30-36-58-57-24-12-13-25-63(57)66-64(58)41-46)31-37-62(61)65(49-32-26-43(27-33-49)59-39-47-16-4-6-18-51(47)53-20-8-10-22-55(53)59)50-34-28-44(29-35-50)60-40-48-17-5-7-19-52(48)54-21-9-11-23-56(54)60/h1-41H. The smallest absolute Gasteiger partial charge is 0.0540 e. The predicted molar refractivity (Wildman–Crippen MR) is 286 cm³/mol. The largest absolute Gasteiger partial charge is 0.310 e. The summed E-state index contributed by atoms with van der Waals surface area (Å²) in [6.07, 6.45) is 0. The van der Waals surface area contributed by atoms with Crippen LogP contribution in [0.3, 0.4) is 0 Å². The van der Waals surface area contributed by atoms with Crippen molar-refractivity contribution in [3.63, 3.8) is 0 Å². The van der Waals surface area contributed by atoms with Gasteiger partial charge in [-0.15, -0.1) is 11.3 Å². The first-order chi connectivity index (χ1) is 32.7. The van der Waals surface area contributed by atoms with Crippen LogP contribution in [-0.4, -0.2) is 0 Å². The summed E-state index contributed by atoms with van der Waals surface area (Å²) in [6, 6.07) is 91.6. The molecule has 1 heterocycles. The molecule has 0 fully saturated rings. The number of hydrogen-bond donors (Lipinski definition) is 0. The van der Waals surface area contributed by atoms with E-state index in [0.717, 1.165) is 17.1 Å². The molecule has 13 rings (SSSR count). The highest BCUT2D eigenvalue weighted by Gasteiger charge is 2.20. The monoisotopic (exact) mass is 855 g/mol. The van der Waals surface area contributed by atoms with Crippen molar-refractivity contribution in [2.45, 2.75) is 0 Å². The normalized spacial score (nSPS) is 11.6. The summed E-state index contributed by atoms with van der Waals surface area (Å²) >= 11 is 1.87. The molecule has 0 unspecified atom stereocenters. The molecule has 0 aliphatic rings. The van der Waals surface area contributed by atoms with Crippen molar-refractivity contribution in [3.05, 3.63) is 249 Å². The summed E-state index contributed by atoms with van der Waals surface area (Å²) in [4.78, 5) is 2.44. The number of anilines is 3. The van der Waals surface area contributed by atoms with Crippen LogP contribution in [0, 0.1) is 0 Å². The molecule has 0 saturated heterocycles. The third kappa shape index (κ3) is 6.45. The molecule has 0 N–H and O–H groups in total. The fourth-order valence-electron chi connectivity index (χ4n) is 10.3. The van der Waals surface area contributed by atoms with E-state index in [4.69, 9.17) is 0 Å². The molecule has 308 valence electrons. The number of hydrogen-bond acceptors (Lipinski definition) is 2. The van der Waals surface area contributed by atoms with Crippen molar-refractivity contribution >= 4 is 91.7 Å². The van der Waals surface area contributed by atoms with Crippen LogP contribution in [0.15, 0.2) is 249 Å². The maximum atomic E-state index is 2.44. The highest BCUT2D eigenvalue weighted by Crippen LogP contribution is 2.46. The van der Waals surface area contributed by atoms with Crippen LogP contribution in [0.1, 0.15) is 0 Å². The molecular formula is C64H41NS. The molecule has 12 aromatic carbocycles. The van der Waals surface area contributed by atoms with Gasteiger partial charge in [-0.05, 0) is 143 Å². The summed E-state index contributed by atoms with van der Waals surface area (Å²) in [6.45, 7) is 0. The highest BCUT2D eigenvalue weighted by atomic mass is 32.1. The Bertz CT molecular complexity index is 3810. The minimum absolute atomic E-state index is 1.09. The van der Waals surface area contributed by atoms with Gasteiger partial charge in [0.15, 0.2) is 0 Å². The van der Waals surface area contributed by atoms with Gasteiger partial charge in [0.25, 0.3) is 0 Å². The number of benzene rings is 12. The van der Waals surface area contributed by atoms with Gasteiger partial charge in [0, 0.05) is 37.1 Å². The number of fused-ring (bicyclic) bond motifs is 9. The second-order valence-corrected chi connectivity index (χ2v) is 18.3. The van der Waals surface area contributed by atoms with E-state index >= 15 is 0 Å². The Kier molecular flexibility index (Phi) is 9.11. The third-order valence-corrected chi connectivity index (χ3v) is 14.6. The van der Waals surface area contributed by atoms with Gasteiger partial charge in [-0.3, -0.25) is 0 Å². The average Bonchev–Trinajstić information content (AvgIpc) is 3.77. The van der Waals surface area contributed by atoms with Crippen LogP contribution in [0.2, 0.25) is 0 Å². The van der Waals surface area contributed by atoms with E-state index in [-0.39, 0.29) is 0 Å². The van der Waals surface area contributed by atoms with Crippen molar-refractivity contribution in [3.8, 4) is 44.5 Å². The first kappa shape index (κ1) is 38.2. The van der Waals surface area contributed by atoms with Gasteiger partial charge in [0.2, 0.25) is 0 Å². The van der Waals surface area contributed by atoms with E-state index in [1.165, 1.54) is 108 Å². The fraction of sp³-hybridized carbons (Fsp3) is 0. The maximum Gasteiger partial charge on any atom is 0.0540 e. The lowest BCUT2D eigenvalue weighted by atomic mass is 9.92. The number of rotatable bonds is 7. The van der Waals surface area contributed by atoms with Crippen molar-refractivity contribution in [2.75, 3.05) is 4.90 Å². The van der Waals surface area contributed by atoms with Gasteiger partial charge < -0.3 is 4.90 Å². The predicted octanol–water partition coefficient (Wildman–Crippen LogP) is 18.8. The molecule has 0 aliphatic heterocycles. The second-order valence-electron chi connectivity index (χ2n) is 17.2. The summed E-state index contributed by atoms with van der Waals surface area (Å²) in [7, 11) is 0. The lowest BCUT2D eigenvalue weighted by Crippen LogP contribution is -2.11. The van der Waals surface area contributed by atoms with E-state index in [2.05, 4.69) is 254 Å². The summed E-state index contributed by atoms with van der Waals surface area (Å²) in [5, 5.41) is 12.7. The second kappa shape index (κ2) is 15.7. The molecule has 0 saturated carbocycles. The highest BCUT2D eigenvalue weighted by molar-refractivity contribution is 7.25. The Labute approximate surface area is 387 Å². The van der Waals surface area contributed by atoms with Crippen LogP contribution in [0.5, 0.6) is 0 Å². The van der Waals surface area contributed by atoms with Gasteiger partial charge in [0.05, 0.1) is 5.69 Å². The minimum atomic E-state index is 1.09. The Morgan fingerprint density at radius 3 is 1.26 bits per heavy atom. The fourth-order valence-corrected chi connectivity index (χ4v) is 11.4. The molecule has 66 heavy (non-hydrogen) atoms. The molecule has 0 spiro atoms. The van der Waals surface area contributed by atoms with Crippen LogP contribution >= 0.6 is 11.3 Å². The van der Waals surface area contributed by atoms with Gasteiger partial charge in [-0.2, -0.15) is 0 Å². The molecule has 0 amide bonds. The SMILES string of the molecule is c1ccc(-c2cc(-c3ccc4c(c3)sc3ccccc34)ccc2N(c2ccc(-c3cc4ccccc4c4ccccc34)cc2)c2ccc(-c3cc4ccccc4c4ccccc34)cc2)cc1. The van der Waals surface area contributed by atoms with Crippen molar-refractivity contribution in [1.29, 1.82) is 0 Å². The first-order valence-corrected chi connectivity index (χ1v) is 23.5. The third-order valence-electron chi connectivity index (χ3n) is 13.4. The van der Waals surface area contributed by atoms with Crippen LogP contribution in [0.4, 0.5) is 17.1 Å². The molecule has 0 bridgehead atoms. The van der Waals surface area contributed by atoms with Crippen LogP contribution < -0.4 is 4.90 Å². The van der Waals surface area contributed by atoms with Gasteiger partial charge in [-0.1, -0.05) is 188 Å². The number of thiophene rings is 1. The molecule has 1 aromatic heterocycles. The summed E-state index contributed by atoms with van der Waals surface area (Å²) < 4.78 is 2.62. The summed E-state index contributed by atoms with van der Waals surface area (Å²) in [5.41, 5.74) is 12.9. The van der Waals surface area contributed by atoms with Crippen LogP contribution in [-0.2, 0) is 0 Å². The van der Waals surface area contributed by atoms with Gasteiger partial charge in [-0.25, -0.2) is 0 Å². The first-order valence-electron chi connectivity index (χ1n) is 22.7. The Balaban J connectivity index is 0.981. The van der Waals surface area contributed by atoms with Gasteiger partial charge >= 0.3 is 0 Å². The van der Waals surface area contributed by atoms with E-state index in [1.54, 1.807) is 0 Å². The zero-order valence-electron chi connectivity index (χ0n) is 36.0. The lowest BCUT2D eigenvalue weighted by molar-refractivity contribution is 1.28. The average molecular weight is 856 g/mol.